The van der Waals surface area contributed by atoms with E-state index in [4.69, 9.17) is 0 Å². The number of carboxylic acids is 1. The predicted molar refractivity (Wildman–Crippen MR) is 73.6 cm³/mol. The molecule has 5 nitrogen and oxygen atoms in total. The van der Waals surface area contributed by atoms with E-state index in [0.717, 1.165) is 11.1 Å². The van der Waals surface area contributed by atoms with Crippen LogP contribution < -0.4 is 0 Å². The molecule has 6 heteroatoms. The molecule has 1 amide bonds. The number of carbonyl (C=O) groups is 2. The monoisotopic (exact) mass is 288 g/mol. The van der Waals surface area contributed by atoms with Crippen LogP contribution in [-0.2, 0) is 17.8 Å². The number of carbonyl (C=O) groups excluding carboxylic acids is 1. The molecule has 3 rings (SSSR count). The average Bonchev–Trinajstić information content (AvgIpc) is 2.99. The van der Waals surface area contributed by atoms with Crippen LogP contribution in [0.15, 0.2) is 35.2 Å². The van der Waals surface area contributed by atoms with Gasteiger partial charge >= 0.3 is 5.97 Å². The highest BCUT2D eigenvalue weighted by Gasteiger charge is 2.35. The van der Waals surface area contributed by atoms with Crippen LogP contribution in [-0.4, -0.2) is 32.9 Å². The van der Waals surface area contributed by atoms with Crippen molar-refractivity contribution < 1.29 is 14.7 Å². The van der Waals surface area contributed by atoms with Gasteiger partial charge in [0, 0.05) is 18.3 Å². The summed E-state index contributed by atoms with van der Waals surface area (Å²) in [6, 6.07) is 6.78. The number of nitrogens with zero attached hydrogens (tertiary/aromatic N) is 2. The van der Waals surface area contributed by atoms with Gasteiger partial charge in [-0.05, 0) is 11.1 Å². The number of benzene rings is 1. The van der Waals surface area contributed by atoms with Crippen LogP contribution in [0.3, 0.4) is 0 Å². The number of rotatable bonds is 2. The van der Waals surface area contributed by atoms with Gasteiger partial charge < -0.3 is 10.0 Å². The smallest absolute Gasteiger partial charge is 0.326 e. The van der Waals surface area contributed by atoms with Gasteiger partial charge in [0.05, 0.1) is 5.51 Å². The van der Waals surface area contributed by atoms with Crippen LogP contribution in [0.4, 0.5) is 0 Å². The Labute approximate surface area is 119 Å². The third-order valence-electron chi connectivity index (χ3n) is 3.45. The zero-order valence-corrected chi connectivity index (χ0v) is 11.3. The second-order valence-electron chi connectivity index (χ2n) is 4.63. The molecule has 1 aromatic heterocycles. The highest BCUT2D eigenvalue weighted by Crippen LogP contribution is 2.25. The van der Waals surface area contributed by atoms with E-state index in [1.807, 2.05) is 24.3 Å². The van der Waals surface area contributed by atoms with Gasteiger partial charge in [0.1, 0.15) is 11.7 Å². The van der Waals surface area contributed by atoms with Crippen LogP contribution in [0.2, 0.25) is 0 Å². The topological polar surface area (TPSA) is 70.5 Å². The van der Waals surface area contributed by atoms with Gasteiger partial charge in [-0.15, -0.1) is 11.3 Å². The van der Waals surface area contributed by atoms with Gasteiger partial charge in [0.2, 0.25) is 0 Å². The molecule has 1 atom stereocenters. The van der Waals surface area contributed by atoms with Crippen molar-refractivity contribution in [3.63, 3.8) is 0 Å². The SMILES string of the molecule is O=C(O)C1Cc2ccccc2CN1C(=O)c1cscn1. The summed E-state index contributed by atoms with van der Waals surface area (Å²) in [4.78, 5) is 29.2. The second kappa shape index (κ2) is 5.05. The maximum atomic E-state index is 12.4. The second-order valence-corrected chi connectivity index (χ2v) is 5.35. The lowest BCUT2D eigenvalue weighted by Crippen LogP contribution is -2.48. The number of aromatic nitrogens is 1. The van der Waals surface area contributed by atoms with Crippen molar-refractivity contribution in [1.82, 2.24) is 9.88 Å². The number of amides is 1. The van der Waals surface area contributed by atoms with Gasteiger partial charge in [0.15, 0.2) is 0 Å². The average molecular weight is 288 g/mol. The van der Waals surface area contributed by atoms with Crippen molar-refractivity contribution in [1.29, 1.82) is 0 Å². The lowest BCUT2D eigenvalue weighted by molar-refractivity contribution is -0.142. The molecule has 0 bridgehead atoms. The molecule has 1 aliphatic rings. The largest absolute Gasteiger partial charge is 0.480 e. The Kier molecular flexibility index (Phi) is 3.23. The summed E-state index contributed by atoms with van der Waals surface area (Å²) in [7, 11) is 0. The lowest BCUT2D eigenvalue weighted by Gasteiger charge is -2.34. The maximum absolute atomic E-state index is 12.4. The highest BCUT2D eigenvalue weighted by molar-refractivity contribution is 7.07. The van der Waals surface area contributed by atoms with Crippen molar-refractivity contribution in [2.75, 3.05) is 0 Å². The molecule has 1 aromatic carbocycles. The molecular formula is C14H12N2O3S. The summed E-state index contributed by atoms with van der Waals surface area (Å²) >= 11 is 1.32. The van der Waals surface area contributed by atoms with E-state index in [0.29, 0.717) is 18.7 Å². The fraction of sp³-hybridized carbons (Fsp3) is 0.214. The first-order valence-corrected chi connectivity index (χ1v) is 7.10. The molecule has 0 fully saturated rings. The minimum atomic E-state index is -0.983. The Hall–Kier alpha value is -2.21. The summed E-state index contributed by atoms with van der Waals surface area (Å²) in [5, 5.41) is 11.0. The van der Waals surface area contributed by atoms with E-state index in [-0.39, 0.29) is 5.91 Å². The van der Waals surface area contributed by atoms with Gasteiger partial charge in [-0.3, -0.25) is 4.79 Å². The van der Waals surface area contributed by atoms with E-state index >= 15 is 0 Å². The number of thiazole rings is 1. The van der Waals surface area contributed by atoms with Gasteiger partial charge in [0.25, 0.3) is 5.91 Å². The summed E-state index contributed by atoms with van der Waals surface area (Å²) in [6.45, 7) is 0.309. The van der Waals surface area contributed by atoms with E-state index in [2.05, 4.69) is 4.98 Å². The van der Waals surface area contributed by atoms with Crippen molar-refractivity contribution in [2.24, 2.45) is 0 Å². The minimum Gasteiger partial charge on any atom is -0.480 e. The first-order chi connectivity index (χ1) is 9.66. The normalized spacial score (nSPS) is 17.6. The lowest BCUT2D eigenvalue weighted by atomic mass is 9.94. The third kappa shape index (κ3) is 2.18. The molecule has 102 valence electrons. The van der Waals surface area contributed by atoms with Crippen LogP contribution in [0.1, 0.15) is 21.6 Å². The van der Waals surface area contributed by atoms with E-state index in [9.17, 15) is 14.7 Å². The highest BCUT2D eigenvalue weighted by atomic mass is 32.1. The van der Waals surface area contributed by atoms with Crippen LogP contribution in [0.5, 0.6) is 0 Å². The van der Waals surface area contributed by atoms with Crippen LogP contribution in [0.25, 0.3) is 0 Å². The van der Waals surface area contributed by atoms with Crippen molar-refractivity contribution in [2.45, 2.75) is 19.0 Å². The number of carboxylic acid groups (broad SMARTS) is 1. The number of hydrogen-bond acceptors (Lipinski definition) is 4. The Morgan fingerprint density at radius 1 is 1.30 bits per heavy atom. The molecule has 1 unspecified atom stereocenters. The summed E-state index contributed by atoms with van der Waals surface area (Å²) in [5.41, 5.74) is 3.86. The molecule has 0 saturated carbocycles. The number of fused-ring (bicyclic) bond motifs is 1. The first-order valence-electron chi connectivity index (χ1n) is 6.15. The third-order valence-corrected chi connectivity index (χ3v) is 4.03. The van der Waals surface area contributed by atoms with Crippen molar-refractivity contribution >= 4 is 23.2 Å². The van der Waals surface area contributed by atoms with Gasteiger partial charge in [-0.1, -0.05) is 24.3 Å². The molecule has 1 N–H and O–H groups in total. The van der Waals surface area contributed by atoms with Crippen molar-refractivity contribution in [3.05, 3.63) is 52.0 Å². The fourth-order valence-corrected chi connectivity index (χ4v) is 2.95. The molecule has 0 radical (unpaired) electrons. The fourth-order valence-electron chi connectivity index (χ4n) is 2.42. The molecule has 20 heavy (non-hydrogen) atoms. The molecular weight excluding hydrogens is 276 g/mol. The summed E-state index contributed by atoms with van der Waals surface area (Å²) in [6.07, 6.45) is 0.335. The maximum Gasteiger partial charge on any atom is 0.326 e. The molecule has 0 spiro atoms. The minimum absolute atomic E-state index is 0.306. The summed E-state index contributed by atoms with van der Waals surface area (Å²) in [5.74, 6) is -1.31. The standard InChI is InChI=1S/C14H12N2O3S/c17-13(11-7-20-8-15-11)16-6-10-4-2-1-3-9(10)5-12(16)14(18)19/h1-4,7-8,12H,5-6H2,(H,18,19). The quantitative estimate of drug-likeness (QED) is 0.914. The molecule has 0 aliphatic carbocycles. The molecule has 2 aromatic rings. The number of hydrogen-bond donors (Lipinski definition) is 1. The van der Waals surface area contributed by atoms with Gasteiger partial charge in [-0.2, -0.15) is 0 Å². The Balaban J connectivity index is 1.96. The summed E-state index contributed by atoms with van der Waals surface area (Å²) < 4.78 is 0. The van der Waals surface area contributed by atoms with E-state index in [1.165, 1.54) is 16.2 Å². The van der Waals surface area contributed by atoms with Crippen LogP contribution in [0, 0.1) is 0 Å². The van der Waals surface area contributed by atoms with E-state index in [1.54, 1.807) is 10.9 Å². The predicted octanol–water partition coefficient (Wildman–Crippen LogP) is 1.79. The molecule has 1 aliphatic heterocycles. The zero-order chi connectivity index (χ0) is 14.1. The Morgan fingerprint density at radius 2 is 2.05 bits per heavy atom. The Bertz CT molecular complexity index is 654. The zero-order valence-electron chi connectivity index (χ0n) is 10.5. The van der Waals surface area contributed by atoms with Crippen molar-refractivity contribution in [3.8, 4) is 0 Å². The number of aliphatic carboxylic acids is 1. The van der Waals surface area contributed by atoms with Crippen LogP contribution >= 0.6 is 11.3 Å². The van der Waals surface area contributed by atoms with Gasteiger partial charge in [-0.25, -0.2) is 9.78 Å². The van der Waals surface area contributed by atoms with E-state index < -0.39 is 12.0 Å². The molecule has 0 saturated heterocycles. The first kappa shape index (κ1) is 12.8. The molecule has 2 heterocycles. The Morgan fingerprint density at radius 3 is 2.70 bits per heavy atom.